The maximum Gasteiger partial charge on any atom is 0.266 e. The molecule has 0 saturated carbocycles. The predicted octanol–water partition coefficient (Wildman–Crippen LogP) is 0.182. The van der Waals surface area contributed by atoms with E-state index in [2.05, 4.69) is 4.98 Å². The highest BCUT2D eigenvalue weighted by atomic mass is 16.1. The summed E-state index contributed by atoms with van der Waals surface area (Å²) in [6.45, 7) is 0. The Morgan fingerprint density at radius 2 is 1.80 bits per heavy atom. The van der Waals surface area contributed by atoms with Crippen LogP contribution < -0.4 is 5.56 Å². The zero-order chi connectivity index (χ0) is 11.0. The first-order valence-electron chi connectivity index (χ1n) is 4.07. The number of ketones is 2. The van der Waals surface area contributed by atoms with Gasteiger partial charge in [-0.05, 0) is 18.2 Å². The third-order valence-corrected chi connectivity index (χ3v) is 2.06. The number of aromatic amines is 1. The Hall–Kier alpha value is -2.48. The molecule has 0 unspecified atom stereocenters. The number of nitrogens with one attached hydrogen (secondary N) is 1. The van der Waals surface area contributed by atoms with Gasteiger partial charge in [0, 0.05) is 0 Å². The monoisotopic (exact) mass is 200 g/mol. The van der Waals surface area contributed by atoms with Gasteiger partial charge in [-0.1, -0.05) is 0 Å². The fraction of sp³-hybridized carbons (Fsp3) is 0. The van der Waals surface area contributed by atoms with Gasteiger partial charge in [-0.25, -0.2) is 0 Å². The molecule has 1 aliphatic carbocycles. The van der Waals surface area contributed by atoms with E-state index in [-0.39, 0.29) is 16.8 Å². The number of pyridine rings is 1. The molecule has 0 aromatic carbocycles. The molecular weight excluding hydrogens is 196 g/mol. The zero-order valence-electron chi connectivity index (χ0n) is 7.40. The number of hydrogen-bond acceptors (Lipinski definition) is 4. The molecule has 0 radical (unpaired) electrons. The average Bonchev–Trinajstić information content (AvgIpc) is 2.23. The molecule has 0 fully saturated rings. The fourth-order valence-corrected chi connectivity index (χ4v) is 1.33. The number of carbonyl (C=O) groups is 2. The van der Waals surface area contributed by atoms with Crippen LogP contribution >= 0.6 is 0 Å². The van der Waals surface area contributed by atoms with E-state index in [0.29, 0.717) is 0 Å². The number of rotatable bonds is 0. The number of fused-ring (bicyclic) bond motifs is 1. The van der Waals surface area contributed by atoms with E-state index in [9.17, 15) is 14.4 Å². The van der Waals surface area contributed by atoms with Crippen molar-refractivity contribution in [1.29, 1.82) is 5.26 Å². The minimum atomic E-state index is -0.660. The van der Waals surface area contributed by atoms with Crippen molar-refractivity contribution in [1.82, 2.24) is 4.98 Å². The Balaban J connectivity index is 2.81. The normalized spacial score (nSPS) is 13.5. The Morgan fingerprint density at radius 3 is 2.47 bits per heavy atom. The number of carbonyl (C=O) groups excluding carboxylic acids is 2. The Labute approximate surface area is 83.7 Å². The molecule has 0 saturated heterocycles. The molecule has 1 N–H and O–H groups in total. The molecule has 0 aliphatic heterocycles. The van der Waals surface area contributed by atoms with Crippen molar-refractivity contribution in [2.45, 2.75) is 0 Å². The van der Waals surface area contributed by atoms with Gasteiger partial charge >= 0.3 is 0 Å². The van der Waals surface area contributed by atoms with E-state index in [1.54, 1.807) is 6.07 Å². The summed E-state index contributed by atoms with van der Waals surface area (Å²) in [5.41, 5.74) is -0.817. The number of allylic oxidation sites excluding steroid dienone is 2. The Morgan fingerprint density at radius 1 is 1.13 bits per heavy atom. The smallest absolute Gasteiger partial charge is 0.266 e. The standard InChI is InChI=1S/C10H4N2O3/c11-4-5-3-6-7(13)1-2-8(14)9(6)12-10(5)15/h1-3H,(H,12,15). The molecule has 0 amide bonds. The van der Waals surface area contributed by atoms with Gasteiger partial charge in [0.2, 0.25) is 5.78 Å². The topological polar surface area (TPSA) is 90.8 Å². The second kappa shape index (κ2) is 3.03. The van der Waals surface area contributed by atoms with Crippen LogP contribution in [0.15, 0.2) is 23.0 Å². The van der Waals surface area contributed by atoms with Crippen molar-refractivity contribution in [3.05, 3.63) is 45.4 Å². The van der Waals surface area contributed by atoms with Gasteiger partial charge < -0.3 is 4.98 Å². The SMILES string of the molecule is N#Cc1cc2c([nH]c1=O)C(=O)C=CC2=O. The van der Waals surface area contributed by atoms with Crippen LogP contribution in [0.2, 0.25) is 0 Å². The molecular formula is C10H4N2O3. The summed E-state index contributed by atoms with van der Waals surface area (Å²) in [6, 6.07) is 2.79. The van der Waals surface area contributed by atoms with E-state index >= 15 is 0 Å². The lowest BCUT2D eigenvalue weighted by atomic mass is 9.99. The lowest BCUT2D eigenvalue weighted by molar-refractivity contribution is 0.0990. The summed E-state index contributed by atoms with van der Waals surface area (Å²) < 4.78 is 0. The van der Waals surface area contributed by atoms with Crippen molar-refractivity contribution >= 4 is 11.6 Å². The van der Waals surface area contributed by atoms with Gasteiger partial charge in [0.1, 0.15) is 17.3 Å². The van der Waals surface area contributed by atoms with Gasteiger partial charge in [0.05, 0.1) is 5.56 Å². The molecule has 2 rings (SSSR count). The summed E-state index contributed by atoms with van der Waals surface area (Å²) in [5, 5.41) is 8.59. The second-order valence-corrected chi connectivity index (χ2v) is 2.97. The van der Waals surface area contributed by atoms with Crippen LogP contribution in [0.3, 0.4) is 0 Å². The quantitative estimate of drug-likeness (QED) is 0.646. The largest absolute Gasteiger partial charge is 0.317 e. The Bertz CT molecular complexity index is 602. The van der Waals surface area contributed by atoms with Crippen molar-refractivity contribution in [2.75, 3.05) is 0 Å². The lowest BCUT2D eigenvalue weighted by Gasteiger charge is -2.07. The number of H-pyrrole nitrogens is 1. The van der Waals surface area contributed by atoms with Gasteiger partial charge in [0.25, 0.3) is 5.56 Å². The summed E-state index contributed by atoms with van der Waals surface area (Å²) in [5.74, 6) is -0.830. The van der Waals surface area contributed by atoms with Crippen molar-refractivity contribution in [2.24, 2.45) is 0 Å². The highest BCUT2D eigenvalue weighted by Gasteiger charge is 2.21. The highest BCUT2D eigenvalue weighted by Crippen LogP contribution is 2.13. The maximum absolute atomic E-state index is 11.3. The van der Waals surface area contributed by atoms with Crippen LogP contribution in [-0.2, 0) is 0 Å². The second-order valence-electron chi connectivity index (χ2n) is 2.97. The Kier molecular flexibility index (Phi) is 1.83. The van der Waals surface area contributed by atoms with Gasteiger partial charge in [-0.15, -0.1) is 0 Å². The lowest BCUT2D eigenvalue weighted by Crippen LogP contribution is -2.22. The highest BCUT2D eigenvalue weighted by molar-refractivity contribution is 6.21. The number of nitrogens with zero attached hydrogens (tertiary/aromatic N) is 1. The van der Waals surface area contributed by atoms with E-state index in [4.69, 9.17) is 5.26 Å². The summed E-state index contributed by atoms with van der Waals surface area (Å²) in [6.07, 6.45) is 2.21. The molecule has 1 aromatic heterocycles. The van der Waals surface area contributed by atoms with Crippen LogP contribution in [0.25, 0.3) is 0 Å². The molecule has 15 heavy (non-hydrogen) atoms. The van der Waals surface area contributed by atoms with E-state index in [1.165, 1.54) is 0 Å². The van der Waals surface area contributed by atoms with E-state index in [1.807, 2.05) is 0 Å². The summed E-state index contributed by atoms with van der Waals surface area (Å²) >= 11 is 0. The number of aromatic nitrogens is 1. The third-order valence-electron chi connectivity index (χ3n) is 2.06. The van der Waals surface area contributed by atoms with Crippen LogP contribution in [0.4, 0.5) is 0 Å². The number of nitriles is 1. The third kappa shape index (κ3) is 1.28. The van der Waals surface area contributed by atoms with Crippen LogP contribution in [0.5, 0.6) is 0 Å². The molecule has 0 atom stereocenters. The first-order chi connectivity index (χ1) is 7.13. The average molecular weight is 200 g/mol. The molecule has 0 bridgehead atoms. The van der Waals surface area contributed by atoms with Crippen molar-refractivity contribution in [3.8, 4) is 6.07 Å². The van der Waals surface area contributed by atoms with Crippen LogP contribution in [-0.4, -0.2) is 16.6 Å². The van der Waals surface area contributed by atoms with E-state index in [0.717, 1.165) is 18.2 Å². The molecule has 1 aromatic rings. The fourth-order valence-electron chi connectivity index (χ4n) is 1.33. The molecule has 5 heteroatoms. The predicted molar refractivity (Wildman–Crippen MR) is 49.6 cm³/mol. The molecule has 1 heterocycles. The van der Waals surface area contributed by atoms with Crippen LogP contribution in [0.1, 0.15) is 26.4 Å². The summed E-state index contributed by atoms with van der Waals surface area (Å²) in [4.78, 5) is 36.1. The number of hydrogen-bond donors (Lipinski definition) is 1. The molecule has 1 aliphatic rings. The van der Waals surface area contributed by atoms with Crippen LogP contribution in [0, 0.1) is 11.3 Å². The minimum Gasteiger partial charge on any atom is -0.317 e. The van der Waals surface area contributed by atoms with Gasteiger partial charge in [-0.2, -0.15) is 5.26 Å². The summed E-state index contributed by atoms with van der Waals surface area (Å²) in [7, 11) is 0. The molecule has 72 valence electrons. The minimum absolute atomic E-state index is 0.0495. The van der Waals surface area contributed by atoms with Crippen molar-refractivity contribution in [3.63, 3.8) is 0 Å². The molecule has 5 nitrogen and oxygen atoms in total. The maximum atomic E-state index is 11.3. The molecule has 0 spiro atoms. The first-order valence-corrected chi connectivity index (χ1v) is 4.07. The van der Waals surface area contributed by atoms with Gasteiger partial charge in [0.15, 0.2) is 5.78 Å². The van der Waals surface area contributed by atoms with E-state index < -0.39 is 17.1 Å². The zero-order valence-corrected chi connectivity index (χ0v) is 7.40. The first kappa shape index (κ1) is 9.09. The van der Waals surface area contributed by atoms with Crippen molar-refractivity contribution < 1.29 is 9.59 Å². The van der Waals surface area contributed by atoms with Gasteiger partial charge in [-0.3, -0.25) is 14.4 Å².